The summed E-state index contributed by atoms with van der Waals surface area (Å²) in [6, 6.07) is 10.9. The van der Waals surface area contributed by atoms with Crippen LogP contribution in [0.5, 0.6) is 0 Å². The highest BCUT2D eigenvalue weighted by Crippen LogP contribution is 2.21. The fourth-order valence-corrected chi connectivity index (χ4v) is 3.03. The molecule has 0 radical (unpaired) electrons. The molecule has 1 aromatic carbocycles. The van der Waals surface area contributed by atoms with Crippen LogP contribution in [-0.4, -0.2) is 36.8 Å². The molecular weight excluding hydrogens is 222 g/mol. The zero-order valence-corrected chi connectivity index (χ0v) is 11.8. The fraction of sp³-hybridized carbons (Fsp3) is 0.625. The Balaban J connectivity index is 2.08. The van der Waals surface area contributed by atoms with Crippen LogP contribution in [0.25, 0.3) is 0 Å². The highest BCUT2D eigenvalue weighted by Gasteiger charge is 2.33. The molecule has 2 unspecified atom stereocenters. The van der Waals surface area contributed by atoms with Gasteiger partial charge in [-0.2, -0.15) is 0 Å². The van der Waals surface area contributed by atoms with Gasteiger partial charge in [0.1, 0.15) is 25.7 Å². The fourth-order valence-electron chi connectivity index (χ4n) is 3.03. The van der Waals surface area contributed by atoms with E-state index in [0.717, 1.165) is 19.7 Å². The number of morpholine rings is 1. The molecule has 1 aliphatic rings. The Labute approximate surface area is 111 Å². The number of rotatable bonds is 5. The first-order chi connectivity index (χ1) is 8.74. The van der Waals surface area contributed by atoms with E-state index in [1.165, 1.54) is 36.0 Å². The third kappa shape index (κ3) is 3.56. The normalized spacial score (nSPS) is 28.2. The number of quaternary nitrogens is 1. The molecule has 2 heteroatoms. The summed E-state index contributed by atoms with van der Waals surface area (Å²) in [5.74, 6) is 0. The predicted octanol–water partition coefficient (Wildman–Crippen LogP) is 3.22. The molecule has 1 heterocycles. The minimum atomic E-state index is 0.402. The largest absolute Gasteiger partial charge is 0.367 e. The summed E-state index contributed by atoms with van der Waals surface area (Å²) in [5.41, 5.74) is 1.46. The van der Waals surface area contributed by atoms with Crippen molar-refractivity contribution in [2.24, 2.45) is 0 Å². The van der Waals surface area contributed by atoms with E-state index in [-0.39, 0.29) is 0 Å². The monoisotopic (exact) mass is 248 g/mol. The van der Waals surface area contributed by atoms with Crippen LogP contribution in [0.4, 0.5) is 0 Å². The summed E-state index contributed by atoms with van der Waals surface area (Å²) in [7, 11) is 0. The van der Waals surface area contributed by atoms with E-state index in [1.54, 1.807) is 0 Å². The molecule has 0 bridgehead atoms. The lowest BCUT2D eigenvalue weighted by molar-refractivity contribution is -0.950. The molecule has 1 saturated heterocycles. The van der Waals surface area contributed by atoms with E-state index in [2.05, 4.69) is 44.2 Å². The first-order valence-electron chi connectivity index (χ1n) is 7.25. The Morgan fingerprint density at radius 1 is 1.28 bits per heavy atom. The van der Waals surface area contributed by atoms with E-state index in [0.29, 0.717) is 6.10 Å². The second-order valence-corrected chi connectivity index (χ2v) is 5.65. The number of hydrogen-bond donors (Lipinski definition) is 0. The molecule has 0 aromatic heterocycles. The number of ether oxygens (including phenoxy) is 1. The number of benzene rings is 1. The molecule has 0 saturated carbocycles. The van der Waals surface area contributed by atoms with Gasteiger partial charge in [0.2, 0.25) is 0 Å². The van der Waals surface area contributed by atoms with Crippen LogP contribution < -0.4 is 0 Å². The maximum absolute atomic E-state index is 5.74. The molecule has 100 valence electrons. The summed E-state index contributed by atoms with van der Waals surface area (Å²) in [6.07, 6.45) is 3.00. The Hall–Kier alpha value is -0.860. The summed E-state index contributed by atoms with van der Waals surface area (Å²) >= 11 is 0. The SMILES string of the molecule is CCCC[N+]1(Cc2ccccc2)CCOC(C)C1. The summed E-state index contributed by atoms with van der Waals surface area (Å²) in [6.45, 7) is 10.2. The first kappa shape index (κ1) is 13.6. The van der Waals surface area contributed by atoms with Gasteiger partial charge in [-0.05, 0) is 13.3 Å². The van der Waals surface area contributed by atoms with Crippen LogP contribution in [0.15, 0.2) is 30.3 Å². The molecule has 0 aliphatic carbocycles. The molecule has 1 fully saturated rings. The lowest BCUT2D eigenvalue weighted by Crippen LogP contribution is -2.57. The van der Waals surface area contributed by atoms with Crippen molar-refractivity contribution in [3.63, 3.8) is 0 Å². The van der Waals surface area contributed by atoms with Gasteiger partial charge in [0.05, 0.1) is 13.2 Å². The van der Waals surface area contributed by atoms with Crippen molar-refractivity contribution in [2.75, 3.05) is 26.2 Å². The van der Waals surface area contributed by atoms with Crippen molar-refractivity contribution in [2.45, 2.75) is 39.3 Å². The average molecular weight is 248 g/mol. The van der Waals surface area contributed by atoms with Crippen molar-refractivity contribution in [3.8, 4) is 0 Å². The Morgan fingerprint density at radius 2 is 2.06 bits per heavy atom. The van der Waals surface area contributed by atoms with Crippen molar-refractivity contribution < 1.29 is 9.22 Å². The molecule has 1 aliphatic heterocycles. The third-order valence-corrected chi connectivity index (χ3v) is 3.96. The second-order valence-electron chi connectivity index (χ2n) is 5.65. The van der Waals surface area contributed by atoms with Gasteiger partial charge in [0.25, 0.3) is 0 Å². The minimum absolute atomic E-state index is 0.402. The zero-order chi connectivity index (χ0) is 12.8. The topological polar surface area (TPSA) is 9.23 Å². The lowest BCUT2D eigenvalue weighted by atomic mass is 10.1. The molecule has 1 aromatic rings. The van der Waals surface area contributed by atoms with Crippen LogP contribution in [0.2, 0.25) is 0 Å². The van der Waals surface area contributed by atoms with Crippen molar-refractivity contribution in [1.82, 2.24) is 0 Å². The van der Waals surface area contributed by atoms with Gasteiger partial charge in [0.15, 0.2) is 0 Å². The van der Waals surface area contributed by atoms with Crippen LogP contribution in [0, 0.1) is 0 Å². The number of nitrogens with zero attached hydrogens (tertiary/aromatic N) is 1. The summed E-state index contributed by atoms with van der Waals surface area (Å²) < 4.78 is 6.94. The molecule has 0 amide bonds. The Kier molecular flexibility index (Phi) is 4.79. The quantitative estimate of drug-likeness (QED) is 0.727. The van der Waals surface area contributed by atoms with Gasteiger partial charge in [-0.3, -0.25) is 0 Å². The average Bonchev–Trinajstić information content (AvgIpc) is 2.38. The first-order valence-corrected chi connectivity index (χ1v) is 7.25. The summed E-state index contributed by atoms with van der Waals surface area (Å²) in [4.78, 5) is 0. The van der Waals surface area contributed by atoms with E-state index < -0.39 is 0 Å². The van der Waals surface area contributed by atoms with E-state index in [4.69, 9.17) is 4.74 Å². The molecule has 0 N–H and O–H groups in total. The molecule has 2 rings (SSSR count). The van der Waals surface area contributed by atoms with Crippen LogP contribution in [-0.2, 0) is 11.3 Å². The zero-order valence-electron chi connectivity index (χ0n) is 11.8. The molecular formula is C16H26NO+. The molecule has 2 atom stereocenters. The maximum atomic E-state index is 5.74. The Bertz CT molecular complexity index is 351. The van der Waals surface area contributed by atoms with Crippen molar-refractivity contribution >= 4 is 0 Å². The van der Waals surface area contributed by atoms with Gasteiger partial charge < -0.3 is 9.22 Å². The van der Waals surface area contributed by atoms with Gasteiger partial charge in [-0.1, -0.05) is 43.7 Å². The lowest BCUT2D eigenvalue weighted by Gasteiger charge is -2.43. The van der Waals surface area contributed by atoms with Crippen LogP contribution >= 0.6 is 0 Å². The van der Waals surface area contributed by atoms with Gasteiger partial charge in [-0.25, -0.2) is 0 Å². The summed E-state index contributed by atoms with van der Waals surface area (Å²) in [5, 5.41) is 0. The van der Waals surface area contributed by atoms with E-state index in [1.807, 2.05) is 0 Å². The van der Waals surface area contributed by atoms with Crippen molar-refractivity contribution in [3.05, 3.63) is 35.9 Å². The smallest absolute Gasteiger partial charge is 0.105 e. The highest BCUT2D eigenvalue weighted by molar-refractivity contribution is 5.13. The maximum Gasteiger partial charge on any atom is 0.105 e. The van der Waals surface area contributed by atoms with Gasteiger partial charge in [-0.15, -0.1) is 0 Å². The number of unbranched alkanes of at least 4 members (excludes halogenated alkanes) is 1. The van der Waals surface area contributed by atoms with Crippen LogP contribution in [0.1, 0.15) is 32.3 Å². The molecule has 0 spiro atoms. The molecule has 18 heavy (non-hydrogen) atoms. The van der Waals surface area contributed by atoms with E-state index in [9.17, 15) is 0 Å². The Morgan fingerprint density at radius 3 is 2.72 bits per heavy atom. The highest BCUT2D eigenvalue weighted by atomic mass is 16.5. The third-order valence-electron chi connectivity index (χ3n) is 3.96. The van der Waals surface area contributed by atoms with E-state index >= 15 is 0 Å². The van der Waals surface area contributed by atoms with Gasteiger partial charge >= 0.3 is 0 Å². The standard InChI is InChI=1S/C16H26NO/c1-3-4-10-17(11-12-18-15(2)13-17)14-16-8-6-5-7-9-16/h5-9,15H,3-4,10-14H2,1-2H3/q+1. The van der Waals surface area contributed by atoms with Gasteiger partial charge in [0, 0.05) is 5.56 Å². The second kappa shape index (κ2) is 6.35. The van der Waals surface area contributed by atoms with Crippen LogP contribution in [0.3, 0.4) is 0 Å². The molecule has 2 nitrogen and oxygen atoms in total. The minimum Gasteiger partial charge on any atom is -0.367 e. The predicted molar refractivity (Wildman–Crippen MR) is 75.3 cm³/mol. The number of hydrogen-bond acceptors (Lipinski definition) is 1. The van der Waals surface area contributed by atoms with Crippen molar-refractivity contribution in [1.29, 1.82) is 0 Å².